The molecule has 0 radical (unpaired) electrons. The molecule has 1 heterocycles. The van der Waals surface area contributed by atoms with E-state index in [-0.39, 0.29) is 17.2 Å². The molecule has 2 atom stereocenters. The van der Waals surface area contributed by atoms with E-state index in [1.807, 2.05) is 0 Å². The monoisotopic (exact) mass is 344 g/mol. The third-order valence-corrected chi connectivity index (χ3v) is 10.5. The van der Waals surface area contributed by atoms with Crippen molar-refractivity contribution in [1.82, 2.24) is 0 Å². The van der Waals surface area contributed by atoms with Crippen LogP contribution in [0.4, 0.5) is 0 Å². The van der Waals surface area contributed by atoms with Crippen molar-refractivity contribution in [1.29, 1.82) is 0 Å². The molecular weight excluding hydrogens is 312 g/mol. The summed E-state index contributed by atoms with van der Waals surface area (Å²) in [7, 11) is -1.79. The molecule has 0 amide bonds. The van der Waals surface area contributed by atoms with E-state index in [0.717, 1.165) is 19.3 Å². The van der Waals surface area contributed by atoms with E-state index in [2.05, 4.69) is 64.2 Å². The Labute approximate surface area is 148 Å². The molecule has 3 rings (SSSR count). The molecule has 0 N–H and O–H groups in total. The molecule has 1 aliphatic carbocycles. The second kappa shape index (κ2) is 6.68. The molecule has 0 saturated carbocycles. The second-order valence-electron chi connectivity index (χ2n) is 8.78. The van der Waals surface area contributed by atoms with Gasteiger partial charge < -0.3 is 9.16 Å². The SMILES string of the molecule is CC(C)(C)[Si](C)(C)O[C@@H]1C[C@H](c2ccccc2)OC2=C1CCCC2. The summed E-state index contributed by atoms with van der Waals surface area (Å²) < 4.78 is 13.3. The van der Waals surface area contributed by atoms with Crippen LogP contribution in [0.15, 0.2) is 41.7 Å². The maximum Gasteiger partial charge on any atom is 0.192 e. The number of benzene rings is 1. The van der Waals surface area contributed by atoms with Gasteiger partial charge in [-0.05, 0) is 48.5 Å². The van der Waals surface area contributed by atoms with Gasteiger partial charge in [-0.2, -0.15) is 0 Å². The van der Waals surface area contributed by atoms with Crippen molar-refractivity contribution in [2.24, 2.45) is 0 Å². The summed E-state index contributed by atoms with van der Waals surface area (Å²) in [5.41, 5.74) is 2.73. The molecule has 1 aliphatic heterocycles. The fourth-order valence-corrected chi connectivity index (χ4v) is 4.76. The third-order valence-electron chi connectivity index (χ3n) is 5.97. The van der Waals surface area contributed by atoms with Crippen LogP contribution in [0.2, 0.25) is 18.1 Å². The zero-order chi connectivity index (χ0) is 17.4. The van der Waals surface area contributed by atoms with Crippen LogP contribution in [0, 0.1) is 0 Å². The third kappa shape index (κ3) is 3.62. The molecule has 0 aromatic heterocycles. The van der Waals surface area contributed by atoms with Gasteiger partial charge >= 0.3 is 0 Å². The van der Waals surface area contributed by atoms with Gasteiger partial charge in [-0.25, -0.2) is 0 Å². The Balaban J connectivity index is 1.88. The molecule has 24 heavy (non-hydrogen) atoms. The number of rotatable bonds is 3. The first-order valence-corrected chi connectivity index (χ1v) is 12.3. The van der Waals surface area contributed by atoms with Crippen LogP contribution in [-0.4, -0.2) is 14.4 Å². The van der Waals surface area contributed by atoms with Crippen molar-refractivity contribution in [2.75, 3.05) is 0 Å². The topological polar surface area (TPSA) is 18.5 Å². The molecule has 2 nitrogen and oxygen atoms in total. The molecule has 0 spiro atoms. The summed E-state index contributed by atoms with van der Waals surface area (Å²) in [5.74, 6) is 1.23. The highest BCUT2D eigenvalue weighted by Crippen LogP contribution is 2.45. The van der Waals surface area contributed by atoms with Gasteiger partial charge in [-0.15, -0.1) is 0 Å². The molecule has 0 saturated heterocycles. The highest BCUT2D eigenvalue weighted by molar-refractivity contribution is 6.74. The molecular formula is C21H32O2Si. The predicted octanol–water partition coefficient (Wildman–Crippen LogP) is 6.37. The van der Waals surface area contributed by atoms with Crippen LogP contribution in [0.1, 0.15) is 64.5 Å². The van der Waals surface area contributed by atoms with Gasteiger partial charge in [0.2, 0.25) is 0 Å². The molecule has 1 aromatic rings. The molecule has 0 unspecified atom stereocenters. The van der Waals surface area contributed by atoms with Crippen molar-refractivity contribution in [3.05, 3.63) is 47.2 Å². The predicted molar refractivity (Wildman–Crippen MR) is 102 cm³/mol. The lowest BCUT2D eigenvalue weighted by Crippen LogP contribution is -2.46. The maximum atomic E-state index is 6.87. The number of ether oxygens (including phenoxy) is 1. The molecule has 3 heteroatoms. The largest absolute Gasteiger partial charge is 0.490 e. The summed E-state index contributed by atoms with van der Waals surface area (Å²) in [6, 6.07) is 10.6. The molecule has 0 bridgehead atoms. The fourth-order valence-electron chi connectivity index (χ4n) is 3.46. The van der Waals surface area contributed by atoms with E-state index < -0.39 is 8.32 Å². The Morgan fingerprint density at radius 2 is 1.71 bits per heavy atom. The summed E-state index contributed by atoms with van der Waals surface area (Å²) in [6.45, 7) is 11.7. The van der Waals surface area contributed by atoms with Crippen LogP contribution in [-0.2, 0) is 9.16 Å². The first kappa shape index (κ1) is 17.8. The Morgan fingerprint density at radius 1 is 1.04 bits per heavy atom. The average molecular weight is 345 g/mol. The summed E-state index contributed by atoms with van der Waals surface area (Å²) in [6.07, 6.45) is 6.07. The van der Waals surface area contributed by atoms with E-state index in [0.29, 0.717) is 0 Å². The maximum absolute atomic E-state index is 6.87. The number of hydrogen-bond acceptors (Lipinski definition) is 2. The van der Waals surface area contributed by atoms with Crippen LogP contribution >= 0.6 is 0 Å². The molecule has 0 fully saturated rings. The van der Waals surface area contributed by atoms with E-state index in [4.69, 9.17) is 9.16 Å². The average Bonchev–Trinajstić information content (AvgIpc) is 2.54. The number of allylic oxidation sites excluding steroid dienone is 1. The minimum absolute atomic E-state index is 0.137. The van der Waals surface area contributed by atoms with Crippen molar-refractivity contribution < 1.29 is 9.16 Å². The van der Waals surface area contributed by atoms with E-state index >= 15 is 0 Å². The first-order chi connectivity index (χ1) is 11.3. The van der Waals surface area contributed by atoms with Gasteiger partial charge in [-0.1, -0.05) is 51.1 Å². The Bertz CT molecular complexity index is 598. The summed E-state index contributed by atoms with van der Waals surface area (Å²) in [5, 5.41) is 0.239. The Kier molecular flexibility index (Phi) is 4.94. The van der Waals surface area contributed by atoms with Crippen molar-refractivity contribution in [3.63, 3.8) is 0 Å². The smallest absolute Gasteiger partial charge is 0.192 e. The van der Waals surface area contributed by atoms with Gasteiger partial charge in [0.15, 0.2) is 8.32 Å². The van der Waals surface area contributed by atoms with Gasteiger partial charge in [0.05, 0.1) is 11.9 Å². The molecule has 1 aromatic carbocycles. The quantitative estimate of drug-likeness (QED) is 0.593. The normalized spacial score (nSPS) is 25.2. The second-order valence-corrected chi connectivity index (χ2v) is 13.5. The summed E-state index contributed by atoms with van der Waals surface area (Å²) in [4.78, 5) is 0. The zero-order valence-electron chi connectivity index (χ0n) is 15.9. The molecule has 2 aliphatic rings. The van der Waals surface area contributed by atoms with Crippen LogP contribution in [0.25, 0.3) is 0 Å². The zero-order valence-corrected chi connectivity index (χ0v) is 16.9. The molecule has 132 valence electrons. The van der Waals surface area contributed by atoms with Crippen LogP contribution < -0.4 is 0 Å². The van der Waals surface area contributed by atoms with Crippen LogP contribution in [0.5, 0.6) is 0 Å². The van der Waals surface area contributed by atoms with Gasteiger partial charge in [0.1, 0.15) is 6.10 Å². The summed E-state index contributed by atoms with van der Waals surface area (Å²) >= 11 is 0. The lowest BCUT2D eigenvalue weighted by molar-refractivity contribution is 0.0275. The minimum atomic E-state index is -1.79. The van der Waals surface area contributed by atoms with Gasteiger partial charge in [0.25, 0.3) is 0 Å². The van der Waals surface area contributed by atoms with E-state index in [9.17, 15) is 0 Å². The van der Waals surface area contributed by atoms with Gasteiger partial charge in [0, 0.05) is 12.8 Å². The van der Waals surface area contributed by atoms with Crippen molar-refractivity contribution >= 4 is 8.32 Å². The van der Waals surface area contributed by atoms with E-state index in [1.54, 1.807) is 0 Å². The highest BCUT2D eigenvalue weighted by atomic mass is 28.4. The van der Waals surface area contributed by atoms with Crippen molar-refractivity contribution in [3.8, 4) is 0 Å². The van der Waals surface area contributed by atoms with E-state index in [1.165, 1.54) is 29.7 Å². The van der Waals surface area contributed by atoms with Crippen LogP contribution in [0.3, 0.4) is 0 Å². The lowest BCUT2D eigenvalue weighted by Gasteiger charge is -2.44. The van der Waals surface area contributed by atoms with Gasteiger partial charge in [-0.3, -0.25) is 0 Å². The Morgan fingerprint density at radius 3 is 2.38 bits per heavy atom. The first-order valence-electron chi connectivity index (χ1n) is 9.39. The Hall–Kier alpha value is -1.06. The van der Waals surface area contributed by atoms with Crippen molar-refractivity contribution in [2.45, 2.75) is 83.2 Å². The highest BCUT2D eigenvalue weighted by Gasteiger charge is 2.42. The fraction of sp³-hybridized carbons (Fsp3) is 0.619. The lowest BCUT2D eigenvalue weighted by atomic mass is 9.87. The minimum Gasteiger partial charge on any atom is -0.490 e. The number of hydrogen-bond donors (Lipinski definition) is 0. The standard InChI is InChI=1S/C21H32O2Si/c1-21(2,3)24(4,5)23-20-15-19(16-11-7-6-8-12-16)22-18-14-10-9-13-17(18)20/h6-8,11-12,19-20H,9-10,13-15H2,1-5H3/t19-,20-/m1/s1.